The number of hydrogen-bond donors (Lipinski definition) is 1. The molecule has 0 amide bonds. The molecule has 0 saturated heterocycles. The molecule has 0 aromatic heterocycles. The Morgan fingerprint density at radius 1 is 1.23 bits per heavy atom. The van der Waals surface area contributed by atoms with Gasteiger partial charge in [0.1, 0.15) is 0 Å². The van der Waals surface area contributed by atoms with E-state index in [2.05, 4.69) is 5.32 Å². The molecule has 1 atom stereocenters. The average Bonchev–Trinajstić information content (AvgIpc) is 2.46. The molecule has 120 valence electrons. The number of nitro groups is 2. The number of carbonyl (C=O) groups is 1. The predicted molar refractivity (Wildman–Crippen MR) is 79.1 cm³/mol. The van der Waals surface area contributed by atoms with Gasteiger partial charge in [0, 0.05) is 18.2 Å². The van der Waals surface area contributed by atoms with Crippen LogP contribution in [0.15, 0.2) is 12.1 Å². The fourth-order valence-corrected chi connectivity index (χ4v) is 1.73. The molecule has 0 bridgehead atoms. The van der Waals surface area contributed by atoms with Crippen molar-refractivity contribution in [2.45, 2.75) is 33.2 Å². The molecule has 9 nitrogen and oxygen atoms in total. The van der Waals surface area contributed by atoms with Gasteiger partial charge in [0.2, 0.25) is 0 Å². The summed E-state index contributed by atoms with van der Waals surface area (Å²) in [5, 5.41) is 25.1. The summed E-state index contributed by atoms with van der Waals surface area (Å²) < 4.78 is 4.73. The van der Waals surface area contributed by atoms with Gasteiger partial charge in [0.05, 0.1) is 22.0 Å². The van der Waals surface area contributed by atoms with Crippen LogP contribution in [0.1, 0.15) is 37.6 Å². The van der Waals surface area contributed by atoms with Gasteiger partial charge >= 0.3 is 5.97 Å². The third kappa shape index (κ3) is 3.90. The van der Waals surface area contributed by atoms with Crippen molar-refractivity contribution < 1.29 is 19.4 Å². The number of rotatable bonds is 7. The van der Waals surface area contributed by atoms with E-state index in [1.807, 2.05) is 6.92 Å². The van der Waals surface area contributed by atoms with E-state index in [1.54, 1.807) is 13.8 Å². The molecule has 0 saturated carbocycles. The SMILES string of the molecule is CCOC(=O)c1cc([N+](=O)[O-])c(NC(C)CC)c([N+](=O)[O-])c1. The van der Waals surface area contributed by atoms with Crippen LogP contribution in [0.25, 0.3) is 0 Å². The maximum absolute atomic E-state index is 11.7. The van der Waals surface area contributed by atoms with Crippen molar-refractivity contribution in [3.8, 4) is 0 Å². The largest absolute Gasteiger partial charge is 0.462 e. The Morgan fingerprint density at radius 2 is 1.73 bits per heavy atom. The van der Waals surface area contributed by atoms with Crippen molar-refractivity contribution in [1.82, 2.24) is 0 Å². The lowest BCUT2D eigenvalue weighted by Crippen LogP contribution is -2.17. The van der Waals surface area contributed by atoms with Crippen molar-refractivity contribution in [2.24, 2.45) is 0 Å². The van der Waals surface area contributed by atoms with Crippen molar-refractivity contribution in [2.75, 3.05) is 11.9 Å². The van der Waals surface area contributed by atoms with Gasteiger partial charge in [-0.05, 0) is 20.3 Å². The molecule has 1 unspecified atom stereocenters. The highest BCUT2D eigenvalue weighted by Crippen LogP contribution is 2.36. The summed E-state index contributed by atoms with van der Waals surface area (Å²) >= 11 is 0. The molecule has 22 heavy (non-hydrogen) atoms. The van der Waals surface area contributed by atoms with Crippen LogP contribution in [0.5, 0.6) is 0 Å². The van der Waals surface area contributed by atoms with Crippen LogP contribution in [0, 0.1) is 20.2 Å². The van der Waals surface area contributed by atoms with Crippen LogP contribution in [-0.2, 0) is 4.74 Å². The zero-order valence-electron chi connectivity index (χ0n) is 12.5. The first-order chi connectivity index (χ1) is 10.3. The van der Waals surface area contributed by atoms with E-state index in [4.69, 9.17) is 4.74 Å². The quantitative estimate of drug-likeness (QED) is 0.466. The number of benzene rings is 1. The molecule has 0 radical (unpaired) electrons. The minimum absolute atomic E-state index is 0.0628. The van der Waals surface area contributed by atoms with Crippen LogP contribution >= 0.6 is 0 Å². The average molecular weight is 311 g/mol. The van der Waals surface area contributed by atoms with Gasteiger partial charge in [0.25, 0.3) is 11.4 Å². The molecule has 1 rings (SSSR count). The molecule has 1 aromatic rings. The van der Waals surface area contributed by atoms with Crippen LogP contribution < -0.4 is 5.32 Å². The molecule has 0 fully saturated rings. The summed E-state index contributed by atoms with van der Waals surface area (Å²) in [7, 11) is 0. The van der Waals surface area contributed by atoms with Crippen molar-refractivity contribution >= 4 is 23.0 Å². The third-order valence-corrected chi connectivity index (χ3v) is 3.00. The fourth-order valence-electron chi connectivity index (χ4n) is 1.73. The number of esters is 1. The Hall–Kier alpha value is -2.71. The van der Waals surface area contributed by atoms with Crippen LogP contribution in [0.4, 0.5) is 17.1 Å². The molecule has 0 spiro atoms. The summed E-state index contributed by atoms with van der Waals surface area (Å²) in [6, 6.07) is 1.76. The lowest BCUT2D eigenvalue weighted by atomic mass is 10.1. The van der Waals surface area contributed by atoms with Crippen LogP contribution in [0.2, 0.25) is 0 Å². The third-order valence-electron chi connectivity index (χ3n) is 3.00. The highest BCUT2D eigenvalue weighted by molar-refractivity contribution is 5.93. The second kappa shape index (κ2) is 7.34. The number of carbonyl (C=O) groups excluding carboxylic acids is 1. The van der Waals surface area contributed by atoms with E-state index in [0.29, 0.717) is 6.42 Å². The van der Waals surface area contributed by atoms with E-state index in [1.165, 1.54) is 0 Å². The zero-order valence-corrected chi connectivity index (χ0v) is 12.5. The molecule has 0 aliphatic rings. The van der Waals surface area contributed by atoms with Gasteiger partial charge in [-0.2, -0.15) is 0 Å². The van der Waals surface area contributed by atoms with E-state index >= 15 is 0 Å². The summed E-state index contributed by atoms with van der Waals surface area (Å²) in [5.41, 5.74) is -1.50. The summed E-state index contributed by atoms with van der Waals surface area (Å²) in [6.07, 6.45) is 0.619. The maximum atomic E-state index is 11.7. The molecule has 0 aliphatic carbocycles. The van der Waals surface area contributed by atoms with Gasteiger partial charge in [0.15, 0.2) is 5.69 Å². The first-order valence-corrected chi connectivity index (χ1v) is 6.72. The molecule has 1 aromatic carbocycles. The number of hydrogen-bond acceptors (Lipinski definition) is 7. The Morgan fingerprint density at radius 3 is 2.09 bits per heavy atom. The smallest absolute Gasteiger partial charge is 0.338 e. The van der Waals surface area contributed by atoms with Gasteiger partial charge in [-0.15, -0.1) is 0 Å². The fraction of sp³-hybridized carbons (Fsp3) is 0.462. The van der Waals surface area contributed by atoms with Crippen LogP contribution in [0.3, 0.4) is 0 Å². The predicted octanol–water partition coefficient (Wildman–Crippen LogP) is 2.89. The summed E-state index contributed by atoms with van der Waals surface area (Å²) in [5.74, 6) is -0.844. The van der Waals surface area contributed by atoms with Crippen molar-refractivity contribution in [3.63, 3.8) is 0 Å². The Labute approximate surface area is 126 Å². The number of anilines is 1. The standard InChI is InChI=1S/C13H17N3O6/c1-4-8(3)14-12-10(15(18)19)6-9(13(17)22-5-2)7-11(12)16(20)21/h6-8,14H,4-5H2,1-3H3. The van der Waals surface area contributed by atoms with Gasteiger partial charge in [-0.25, -0.2) is 4.79 Å². The first-order valence-electron chi connectivity index (χ1n) is 6.72. The monoisotopic (exact) mass is 311 g/mol. The zero-order chi connectivity index (χ0) is 16.9. The maximum Gasteiger partial charge on any atom is 0.338 e. The van der Waals surface area contributed by atoms with Gasteiger partial charge in [-0.3, -0.25) is 20.2 Å². The highest BCUT2D eigenvalue weighted by Gasteiger charge is 2.29. The van der Waals surface area contributed by atoms with E-state index < -0.39 is 27.2 Å². The van der Waals surface area contributed by atoms with E-state index in [0.717, 1.165) is 12.1 Å². The van der Waals surface area contributed by atoms with E-state index in [9.17, 15) is 25.0 Å². The number of nitro benzene ring substituents is 2. The lowest BCUT2D eigenvalue weighted by Gasteiger charge is -2.14. The Kier molecular flexibility index (Phi) is 5.79. The van der Waals surface area contributed by atoms with Gasteiger partial charge < -0.3 is 10.1 Å². The summed E-state index contributed by atoms with van der Waals surface area (Å²) in [4.78, 5) is 32.5. The van der Waals surface area contributed by atoms with E-state index in [-0.39, 0.29) is 23.9 Å². The Bertz CT molecular complexity index is 566. The minimum Gasteiger partial charge on any atom is -0.462 e. The number of nitrogens with one attached hydrogen (secondary N) is 1. The molecule has 0 aliphatic heterocycles. The number of ether oxygens (including phenoxy) is 1. The second-order valence-electron chi connectivity index (χ2n) is 4.58. The Balaban J connectivity index is 3.49. The van der Waals surface area contributed by atoms with Crippen LogP contribution in [-0.4, -0.2) is 28.5 Å². The van der Waals surface area contributed by atoms with Gasteiger partial charge in [-0.1, -0.05) is 6.92 Å². The summed E-state index contributed by atoms with van der Waals surface area (Å²) in [6.45, 7) is 5.21. The second-order valence-corrected chi connectivity index (χ2v) is 4.58. The molecule has 0 heterocycles. The molecular weight excluding hydrogens is 294 g/mol. The minimum atomic E-state index is -0.844. The normalized spacial score (nSPS) is 11.6. The molecule has 1 N–H and O–H groups in total. The molecule has 9 heteroatoms. The highest BCUT2D eigenvalue weighted by atomic mass is 16.6. The van der Waals surface area contributed by atoms with Crippen molar-refractivity contribution in [3.05, 3.63) is 37.9 Å². The number of nitrogens with zero attached hydrogens (tertiary/aromatic N) is 2. The molecular formula is C13H17N3O6. The lowest BCUT2D eigenvalue weighted by molar-refractivity contribution is -0.392. The van der Waals surface area contributed by atoms with Crippen molar-refractivity contribution in [1.29, 1.82) is 0 Å². The first kappa shape index (κ1) is 17.3. The topological polar surface area (TPSA) is 125 Å².